The lowest BCUT2D eigenvalue weighted by Gasteiger charge is -2.30. The van der Waals surface area contributed by atoms with Gasteiger partial charge in [0.1, 0.15) is 6.10 Å². The molecule has 0 radical (unpaired) electrons. The molecule has 1 saturated heterocycles. The summed E-state index contributed by atoms with van der Waals surface area (Å²) < 4.78 is 12.2. The standard InChI is InChI=1S/C28H40O2/c1-3-5-7-9-11-23-13-15-24(16-14-23)25-17-19-26(20-18-25)28-22-29-27(21-30-28)12-10-8-6-4-2/h13-20,27-28H,3-12,21-22H2,1-2H3/t27-,28-/m0/s1. The highest BCUT2D eigenvalue weighted by Crippen LogP contribution is 2.28. The number of hydrogen-bond acceptors (Lipinski definition) is 2. The first kappa shape index (κ1) is 23.0. The van der Waals surface area contributed by atoms with Gasteiger partial charge >= 0.3 is 0 Å². The molecule has 1 aliphatic rings. The van der Waals surface area contributed by atoms with Crippen LogP contribution in [0.25, 0.3) is 11.1 Å². The third-order valence-electron chi connectivity index (χ3n) is 6.23. The molecule has 164 valence electrons. The van der Waals surface area contributed by atoms with Gasteiger partial charge in [-0.3, -0.25) is 0 Å². The molecule has 0 bridgehead atoms. The lowest BCUT2D eigenvalue weighted by atomic mass is 9.99. The summed E-state index contributed by atoms with van der Waals surface area (Å²) in [4.78, 5) is 0. The topological polar surface area (TPSA) is 18.5 Å². The maximum Gasteiger partial charge on any atom is 0.106 e. The normalized spacial score (nSPS) is 19.1. The van der Waals surface area contributed by atoms with Crippen molar-refractivity contribution in [1.29, 1.82) is 0 Å². The Bertz CT molecular complexity index is 696. The molecule has 1 fully saturated rings. The summed E-state index contributed by atoms with van der Waals surface area (Å²) in [6.45, 7) is 5.91. The average molecular weight is 409 g/mol. The van der Waals surface area contributed by atoms with Crippen LogP contribution in [0.2, 0.25) is 0 Å². The minimum absolute atomic E-state index is 0.0661. The van der Waals surface area contributed by atoms with Crippen molar-refractivity contribution in [2.45, 2.75) is 90.3 Å². The van der Waals surface area contributed by atoms with Crippen molar-refractivity contribution in [2.75, 3.05) is 13.2 Å². The molecule has 1 heterocycles. The fourth-order valence-corrected chi connectivity index (χ4v) is 4.21. The zero-order chi connectivity index (χ0) is 21.0. The Kier molecular flexibility index (Phi) is 9.92. The Morgan fingerprint density at radius 3 is 1.90 bits per heavy atom. The van der Waals surface area contributed by atoms with Crippen molar-refractivity contribution >= 4 is 0 Å². The van der Waals surface area contributed by atoms with Gasteiger partial charge in [-0.1, -0.05) is 107 Å². The average Bonchev–Trinajstić information content (AvgIpc) is 2.81. The highest BCUT2D eigenvalue weighted by Gasteiger charge is 2.23. The molecule has 30 heavy (non-hydrogen) atoms. The van der Waals surface area contributed by atoms with Crippen LogP contribution >= 0.6 is 0 Å². The molecule has 0 aliphatic carbocycles. The largest absolute Gasteiger partial charge is 0.373 e. The van der Waals surface area contributed by atoms with E-state index in [2.05, 4.69) is 62.4 Å². The highest BCUT2D eigenvalue weighted by atomic mass is 16.6. The Balaban J connectivity index is 1.46. The van der Waals surface area contributed by atoms with Crippen LogP contribution in [-0.4, -0.2) is 19.3 Å². The predicted octanol–water partition coefficient (Wildman–Crippen LogP) is 7.90. The van der Waals surface area contributed by atoms with Gasteiger partial charge in [0.05, 0.1) is 19.3 Å². The second-order valence-corrected chi connectivity index (χ2v) is 8.76. The van der Waals surface area contributed by atoms with Crippen LogP contribution in [0.3, 0.4) is 0 Å². The molecule has 2 aromatic carbocycles. The van der Waals surface area contributed by atoms with E-state index in [1.807, 2.05) is 0 Å². The van der Waals surface area contributed by atoms with Gasteiger partial charge in [0.25, 0.3) is 0 Å². The van der Waals surface area contributed by atoms with Gasteiger partial charge in [0, 0.05) is 0 Å². The minimum atomic E-state index is 0.0661. The molecule has 3 rings (SSSR count). The van der Waals surface area contributed by atoms with Gasteiger partial charge in [-0.2, -0.15) is 0 Å². The van der Waals surface area contributed by atoms with Crippen molar-refractivity contribution in [3.8, 4) is 11.1 Å². The molecule has 2 atom stereocenters. The van der Waals surface area contributed by atoms with Crippen LogP contribution in [-0.2, 0) is 15.9 Å². The summed E-state index contributed by atoms with van der Waals surface area (Å²) in [5.74, 6) is 0. The molecule has 0 amide bonds. The Morgan fingerprint density at radius 2 is 1.30 bits per heavy atom. The lowest BCUT2D eigenvalue weighted by molar-refractivity contribution is -0.137. The second kappa shape index (κ2) is 12.9. The number of rotatable bonds is 12. The number of benzene rings is 2. The number of hydrogen-bond donors (Lipinski definition) is 0. The minimum Gasteiger partial charge on any atom is -0.373 e. The molecule has 0 unspecified atom stereocenters. The summed E-state index contributed by atoms with van der Waals surface area (Å²) in [6.07, 6.45) is 13.1. The predicted molar refractivity (Wildman–Crippen MR) is 127 cm³/mol. The Labute approximate surface area is 184 Å². The molecule has 0 saturated carbocycles. The molecule has 0 spiro atoms. The summed E-state index contributed by atoms with van der Waals surface area (Å²) >= 11 is 0. The molecular weight excluding hydrogens is 368 g/mol. The van der Waals surface area contributed by atoms with Gasteiger partial charge in [-0.05, 0) is 41.5 Å². The fourth-order valence-electron chi connectivity index (χ4n) is 4.21. The molecule has 1 aliphatic heterocycles. The van der Waals surface area contributed by atoms with E-state index in [-0.39, 0.29) is 12.2 Å². The Morgan fingerprint density at radius 1 is 0.667 bits per heavy atom. The molecular formula is C28H40O2. The SMILES string of the molecule is CCCCCCc1ccc(-c2ccc([C@@H]3CO[C@@H](CCCCCC)CO3)cc2)cc1. The van der Waals surface area contributed by atoms with Crippen LogP contribution in [0.4, 0.5) is 0 Å². The maximum absolute atomic E-state index is 6.12. The van der Waals surface area contributed by atoms with E-state index < -0.39 is 0 Å². The number of ether oxygens (including phenoxy) is 2. The zero-order valence-electron chi connectivity index (χ0n) is 19.1. The zero-order valence-corrected chi connectivity index (χ0v) is 19.1. The van der Waals surface area contributed by atoms with E-state index in [0.29, 0.717) is 6.61 Å². The van der Waals surface area contributed by atoms with Crippen LogP contribution in [0.5, 0.6) is 0 Å². The Hall–Kier alpha value is -1.64. The smallest absolute Gasteiger partial charge is 0.106 e. The maximum atomic E-state index is 6.12. The highest BCUT2D eigenvalue weighted by molar-refractivity contribution is 5.64. The first-order valence-electron chi connectivity index (χ1n) is 12.2. The van der Waals surface area contributed by atoms with Crippen molar-refractivity contribution in [3.05, 3.63) is 59.7 Å². The van der Waals surface area contributed by atoms with Crippen molar-refractivity contribution in [3.63, 3.8) is 0 Å². The van der Waals surface area contributed by atoms with E-state index in [1.165, 1.54) is 80.0 Å². The van der Waals surface area contributed by atoms with E-state index >= 15 is 0 Å². The second-order valence-electron chi connectivity index (χ2n) is 8.76. The van der Waals surface area contributed by atoms with Gasteiger partial charge in [-0.15, -0.1) is 0 Å². The summed E-state index contributed by atoms with van der Waals surface area (Å²) in [6, 6.07) is 17.9. The summed E-state index contributed by atoms with van der Waals surface area (Å²) in [5, 5.41) is 0. The first-order valence-corrected chi connectivity index (χ1v) is 12.2. The van der Waals surface area contributed by atoms with Gasteiger partial charge in [0.15, 0.2) is 0 Å². The molecule has 0 N–H and O–H groups in total. The van der Waals surface area contributed by atoms with E-state index in [1.54, 1.807) is 0 Å². The van der Waals surface area contributed by atoms with Crippen LogP contribution in [0.15, 0.2) is 48.5 Å². The fraction of sp³-hybridized carbons (Fsp3) is 0.571. The van der Waals surface area contributed by atoms with Crippen molar-refractivity contribution in [2.24, 2.45) is 0 Å². The van der Waals surface area contributed by atoms with Crippen molar-refractivity contribution in [1.82, 2.24) is 0 Å². The third-order valence-corrected chi connectivity index (χ3v) is 6.23. The monoisotopic (exact) mass is 408 g/mol. The van der Waals surface area contributed by atoms with E-state index in [0.717, 1.165) is 13.0 Å². The first-order chi connectivity index (χ1) is 14.8. The van der Waals surface area contributed by atoms with Crippen LogP contribution in [0.1, 0.15) is 88.9 Å². The summed E-state index contributed by atoms with van der Waals surface area (Å²) in [5.41, 5.74) is 5.22. The molecule has 0 aromatic heterocycles. The van der Waals surface area contributed by atoms with Gasteiger partial charge in [0.2, 0.25) is 0 Å². The lowest BCUT2D eigenvalue weighted by Crippen LogP contribution is -2.31. The van der Waals surface area contributed by atoms with Gasteiger partial charge < -0.3 is 9.47 Å². The van der Waals surface area contributed by atoms with E-state index in [4.69, 9.17) is 9.47 Å². The third kappa shape index (κ3) is 7.25. The summed E-state index contributed by atoms with van der Waals surface area (Å²) in [7, 11) is 0. The van der Waals surface area contributed by atoms with Crippen LogP contribution in [0, 0.1) is 0 Å². The van der Waals surface area contributed by atoms with Crippen LogP contribution < -0.4 is 0 Å². The van der Waals surface area contributed by atoms with Crippen molar-refractivity contribution < 1.29 is 9.47 Å². The number of unbranched alkanes of at least 4 members (excludes halogenated alkanes) is 6. The molecule has 2 heteroatoms. The number of aryl methyl sites for hydroxylation is 1. The molecule has 2 aromatic rings. The van der Waals surface area contributed by atoms with Gasteiger partial charge in [-0.25, -0.2) is 0 Å². The molecule has 2 nitrogen and oxygen atoms in total. The quantitative estimate of drug-likeness (QED) is 0.332. The van der Waals surface area contributed by atoms with E-state index in [9.17, 15) is 0 Å².